The number of anilines is 1. The number of carbonyl (C=O) groups is 2. The molecule has 1 amide bonds. The monoisotopic (exact) mass is 317 g/mol. The summed E-state index contributed by atoms with van der Waals surface area (Å²) in [5.74, 6) is -0.00603. The SMILES string of the molecule is COC(=O)c1ccsc1N1CC(CBr)CC1=O. The van der Waals surface area contributed by atoms with Crippen LogP contribution < -0.4 is 4.90 Å². The van der Waals surface area contributed by atoms with E-state index in [0.29, 0.717) is 29.4 Å². The molecule has 0 aliphatic carbocycles. The standard InChI is InChI=1S/C11H12BrNO3S/c1-16-11(15)8-2-3-17-10(8)13-6-7(5-12)4-9(13)14/h2-3,7H,4-6H2,1H3. The molecular formula is C11H12BrNO3S. The van der Waals surface area contributed by atoms with Gasteiger partial charge in [0.1, 0.15) is 5.00 Å². The predicted octanol–water partition coefficient (Wildman–Crippen LogP) is 2.28. The van der Waals surface area contributed by atoms with Gasteiger partial charge in [-0.25, -0.2) is 4.79 Å². The molecule has 92 valence electrons. The zero-order chi connectivity index (χ0) is 12.4. The lowest BCUT2D eigenvalue weighted by molar-refractivity contribution is -0.117. The Bertz CT molecular complexity index is 446. The van der Waals surface area contributed by atoms with Crippen molar-refractivity contribution in [3.05, 3.63) is 17.0 Å². The second kappa shape index (κ2) is 5.18. The van der Waals surface area contributed by atoms with Gasteiger partial charge < -0.3 is 9.64 Å². The maximum atomic E-state index is 11.9. The van der Waals surface area contributed by atoms with Crippen LogP contribution in [0.2, 0.25) is 0 Å². The molecule has 1 aliphatic rings. The maximum absolute atomic E-state index is 11.9. The number of hydrogen-bond donors (Lipinski definition) is 0. The molecule has 2 heterocycles. The summed E-state index contributed by atoms with van der Waals surface area (Å²) in [7, 11) is 1.34. The minimum atomic E-state index is -0.392. The lowest BCUT2D eigenvalue weighted by Crippen LogP contribution is -2.25. The minimum Gasteiger partial charge on any atom is -0.465 e. The molecule has 0 spiro atoms. The lowest BCUT2D eigenvalue weighted by atomic mass is 10.2. The number of hydrogen-bond acceptors (Lipinski definition) is 4. The van der Waals surface area contributed by atoms with Gasteiger partial charge >= 0.3 is 5.97 Å². The Labute approximate surface area is 112 Å². The van der Waals surface area contributed by atoms with Crippen molar-refractivity contribution in [3.8, 4) is 0 Å². The normalized spacial score (nSPS) is 19.8. The number of ether oxygens (including phenoxy) is 1. The van der Waals surface area contributed by atoms with Gasteiger partial charge in [-0.15, -0.1) is 11.3 Å². The Morgan fingerprint density at radius 1 is 1.71 bits per heavy atom. The molecule has 0 aromatic carbocycles. The van der Waals surface area contributed by atoms with Crippen LogP contribution in [-0.4, -0.2) is 30.9 Å². The summed E-state index contributed by atoms with van der Waals surface area (Å²) in [6.45, 7) is 0.661. The predicted molar refractivity (Wildman–Crippen MR) is 69.9 cm³/mol. The number of methoxy groups -OCH3 is 1. The average molecular weight is 318 g/mol. The number of nitrogens with zero attached hydrogens (tertiary/aromatic N) is 1. The van der Waals surface area contributed by atoms with Crippen molar-refractivity contribution in [3.63, 3.8) is 0 Å². The van der Waals surface area contributed by atoms with E-state index in [0.717, 1.165) is 5.33 Å². The van der Waals surface area contributed by atoms with E-state index in [1.54, 1.807) is 16.3 Å². The Kier molecular flexibility index (Phi) is 3.83. The third kappa shape index (κ3) is 2.37. The summed E-state index contributed by atoms with van der Waals surface area (Å²) < 4.78 is 4.70. The molecule has 1 aromatic rings. The third-order valence-corrected chi connectivity index (χ3v) is 4.57. The molecule has 1 fully saturated rings. The van der Waals surface area contributed by atoms with Gasteiger partial charge in [0.05, 0.1) is 12.7 Å². The molecule has 0 saturated carbocycles. The molecule has 0 bridgehead atoms. The van der Waals surface area contributed by atoms with Gasteiger partial charge in [0, 0.05) is 18.3 Å². The van der Waals surface area contributed by atoms with E-state index >= 15 is 0 Å². The first-order valence-corrected chi connectivity index (χ1v) is 7.19. The fourth-order valence-electron chi connectivity index (χ4n) is 1.86. The molecule has 1 unspecified atom stereocenters. The summed E-state index contributed by atoms with van der Waals surface area (Å²) >= 11 is 4.78. The first-order chi connectivity index (χ1) is 8.17. The number of thiophene rings is 1. The summed E-state index contributed by atoms with van der Waals surface area (Å²) in [5, 5.41) is 3.30. The van der Waals surface area contributed by atoms with E-state index in [1.165, 1.54) is 18.4 Å². The van der Waals surface area contributed by atoms with Gasteiger partial charge in [-0.3, -0.25) is 4.79 Å². The first kappa shape index (κ1) is 12.6. The Balaban J connectivity index is 2.26. The van der Waals surface area contributed by atoms with Crippen molar-refractivity contribution < 1.29 is 14.3 Å². The number of rotatable bonds is 3. The first-order valence-electron chi connectivity index (χ1n) is 5.19. The Morgan fingerprint density at radius 2 is 2.47 bits per heavy atom. The van der Waals surface area contributed by atoms with E-state index < -0.39 is 5.97 Å². The zero-order valence-corrected chi connectivity index (χ0v) is 11.7. The van der Waals surface area contributed by atoms with Crippen molar-refractivity contribution in [2.75, 3.05) is 23.9 Å². The second-order valence-corrected chi connectivity index (χ2v) is 5.40. The van der Waals surface area contributed by atoms with Crippen LogP contribution in [0.25, 0.3) is 0 Å². The van der Waals surface area contributed by atoms with Gasteiger partial charge in [0.25, 0.3) is 0 Å². The van der Waals surface area contributed by atoms with E-state index in [2.05, 4.69) is 15.9 Å². The van der Waals surface area contributed by atoms with Gasteiger partial charge in [0.15, 0.2) is 0 Å². The molecule has 17 heavy (non-hydrogen) atoms. The van der Waals surface area contributed by atoms with Gasteiger partial charge in [-0.1, -0.05) is 15.9 Å². The van der Waals surface area contributed by atoms with Crippen molar-refractivity contribution in [1.29, 1.82) is 0 Å². The van der Waals surface area contributed by atoms with Crippen LogP contribution in [0, 0.1) is 5.92 Å². The molecule has 0 radical (unpaired) electrons. The molecule has 6 heteroatoms. The molecule has 4 nitrogen and oxygen atoms in total. The Morgan fingerprint density at radius 3 is 3.06 bits per heavy atom. The van der Waals surface area contributed by atoms with Gasteiger partial charge in [0.2, 0.25) is 5.91 Å². The fraction of sp³-hybridized carbons (Fsp3) is 0.455. The van der Waals surface area contributed by atoms with Crippen LogP contribution in [-0.2, 0) is 9.53 Å². The number of amides is 1. The summed E-state index contributed by atoms with van der Waals surface area (Å²) in [6.07, 6.45) is 0.532. The average Bonchev–Trinajstić information content (AvgIpc) is 2.93. The van der Waals surface area contributed by atoms with Crippen LogP contribution in [0.3, 0.4) is 0 Å². The topological polar surface area (TPSA) is 46.6 Å². The van der Waals surface area contributed by atoms with Crippen molar-refractivity contribution in [1.82, 2.24) is 0 Å². The van der Waals surface area contributed by atoms with Crippen LogP contribution in [0.15, 0.2) is 11.4 Å². The molecule has 2 rings (SSSR count). The van der Waals surface area contributed by atoms with Crippen LogP contribution in [0.4, 0.5) is 5.00 Å². The molecular weight excluding hydrogens is 306 g/mol. The Hall–Kier alpha value is -0.880. The molecule has 0 N–H and O–H groups in total. The number of halogens is 1. The van der Waals surface area contributed by atoms with Crippen molar-refractivity contribution >= 4 is 44.1 Å². The van der Waals surface area contributed by atoms with Crippen LogP contribution in [0.5, 0.6) is 0 Å². The van der Waals surface area contributed by atoms with Crippen molar-refractivity contribution in [2.45, 2.75) is 6.42 Å². The number of carbonyl (C=O) groups excluding carboxylic acids is 2. The second-order valence-electron chi connectivity index (χ2n) is 3.86. The quantitative estimate of drug-likeness (QED) is 0.634. The minimum absolute atomic E-state index is 0.0713. The van der Waals surface area contributed by atoms with E-state index in [4.69, 9.17) is 4.74 Å². The van der Waals surface area contributed by atoms with Gasteiger partial charge in [-0.2, -0.15) is 0 Å². The highest BCUT2D eigenvalue weighted by Crippen LogP contribution is 2.33. The van der Waals surface area contributed by atoms with Crippen LogP contribution in [0.1, 0.15) is 16.8 Å². The van der Waals surface area contributed by atoms with Crippen molar-refractivity contribution in [2.24, 2.45) is 5.92 Å². The lowest BCUT2D eigenvalue weighted by Gasteiger charge is -2.15. The highest BCUT2D eigenvalue weighted by molar-refractivity contribution is 9.09. The smallest absolute Gasteiger partial charge is 0.340 e. The largest absolute Gasteiger partial charge is 0.465 e. The summed E-state index contributed by atoms with van der Waals surface area (Å²) in [4.78, 5) is 25.1. The zero-order valence-electron chi connectivity index (χ0n) is 9.31. The molecule has 1 aliphatic heterocycles. The number of alkyl halides is 1. The molecule has 1 saturated heterocycles. The number of esters is 1. The summed E-state index contributed by atoms with van der Waals surface area (Å²) in [6, 6.07) is 1.70. The molecule has 1 aromatic heterocycles. The highest BCUT2D eigenvalue weighted by atomic mass is 79.9. The van der Waals surface area contributed by atoms with E-state index in [1.807, 2.05) is 0 Å². The fourth-order valence-corrected chi connectivity index (χ4v) is 3.21. The summed E-state index contributed by atoms with van der Waals surface area (Å²) in [5.41, 5.74) is 0.473. The third-order valence-electron chi connectivity index (χ3n) is 2.72. The van der Waals surface area contributed by atoms with Crippen LogP contribution >= 0.6 is 27.3 Å². The highest BCUT2D eigenvalue weighted by Gasteiger charge is 2.33. The van der Waals surface area contributed by atoms with Gasteiger partial charge in [-0.05, 0) is 17.4 Å². The maximum Gasteiger partial charge on any atom is 0.340 e. The molecule has 1 atom stereocenters. The van der Waals surface area contributed by atoms with E-state index in [-0.39, 0.29) is 5.91 Å². The van der Waals surface area contributed by atoms with E-state index in [9.17, 15) is 9.59 Å².